The first kappa shape index (κ1) is 32.5. The third-order valence-corrected chi connectivity index (χ3v) is 7.96. The zero-order chi connectivity index (χ0) is 30.0. The lowest BCUT2D eigenvalue weighted by Gasteiger charge is -2.20. The van der Waals surface area contributed by atoms with Crippen LogP contribution in [0.15, 0.2) is 71.2 Å². The van der Waals surface area contributed by atoms with Crippen molar-refractivity contribution in [2.24, 2.45) is 0 Å². The number of aryl methyl sites for hydroxylation is 1. The van der Waals surface area contributed by atoms with E-state index in [-0.39, 0.29) is 30.4 Å². The van der Waals surface area contributed by atoms with E-state index in [2.05, 4.69) is 21.2 Å². The Balaban J connectivity index is 1.87. The van der Waals surface area contributed by atoms with Crippen molar-refractivity contribution in [3.8, 4) is 11.1 Å². The van der Waals surface area contributed by atoms with Crippen molar-refractivity contribution < 1.29 is 32.6 Å². The Kier molecular flexibility index (Phi) is 12.1. The van der Waals surface area contributed by atoms with Crippen LogP contribution >= 0.6 is 15.9 Å². The highest BCUT2D eigenvalue weighted by atomic mass is 79.9. The van der Waals surface area contributed by atoms with E-state index in [1.54, 1.807) is 12.1 Å². The summed E-state index contributed by atoms with van der Waals surface area (Å²) in [5.74, 6) is -2.25. The lowest BCUT2D eigenvalue weighted by Crippen LogP contribution is -2.42. The Morgan fingerprint density at radius 2 is 1.76 bits per heavy atom. The van der Waals surface area contributed by atoms with Crippen LogP contribution in [0.3, 0.4) is 0 Å². The zero-order valence-electron chi connectivity index (χ0n) is 23.4. The summed E-state index contributed by atoms with van der Waals surface area (Å²) in [5, 5.41) is 12.1. The number of benzene rings is 3. The van der Waals surface area contributed by atoms with E-state index < -0.39 is 27.8 Å². The second-order valence-electron chi connectivity index (χ2n) is 9.90. The molecule has 0 aromatic heterocycles. The second-order valence-corrected chi connectivity index (χ2v) is 13.1. The summed E-state index contributed by atoms with van der Waals surface area (Å²) >= 11 is 3.51. The predicted octanol–water partition coefficient (Wildman–Crippen LogP) is 5.21. The van der Waals surface area contributed by atoms with Gasteiger partial charge in [-0.2, -0.15) is 0 Å². The molecule has 1 amide bonds. The minimum atomic E-state index is -3.40. The Bertz CT molecular complexity index is 1460. The summed E-state index contributed by atoms with van der Waals surface area (Å²) < 4.78 is 36.1. The van der Waals surface area contributed by atoms with Gasteiger partial charge in [0.2, 0.25) is 0 Å². The van der Waals surface area contributed by atoms with Gasteiger partial charge in [-0.1, -0.05) is 58.4 Å². The molecule has 0 heterocycles. The fraction of sp³-hybridized carbons (Fsp3) is 0.355. The normalized spacial score (nSPS) is 13.0. The molecule has 0 bridgehead atoms. The molecule has 3 aromatic carbocycles. The Hall–Kier alpha value is -3.05. The van der Waals surface area contributed by atoms with Crippen molar-refractivity contribution in [3.05, 3.63) is 93.5 Å². The van der Waals surface area contributed by atoms with Crippen molar-refractivity contribution in [1.29, 1.82) is 0 Å². The summed E-state index contributed by atoms with van der Waals surface area (Å²) in [7, 11) is -3.40. The van der Waals surface area contributed by atoms with Gasteiger partial charge in [-0.25, -0.2) is 13.2 Å². The quantitative estimate of drug-likeness (QED) is 0.233. The van der Waals surface area contributed by atoms with Gasteiger partial charge in [0.15, 0.2) is 0 Å². The fourth-order valence-electron chi connectivity index (χ4n) is 4.36. The molecule has 0 spiro atoms. The van der Waals surface area contributed by atoms with Crippen LogP contribution in [0.5, 0.6) is 0 Å². The van der Waals surface area contributed by atoms with Gasteiger partial charge in [0.05, 0.1) is 25.1 Å². The smallest absolute Gasteiger partial charge is 0.326 e. The lowest BCUT2D eigenvalue weighted by atomic mass is 9.93. The molecule has 0 saturated heterocycles. The number of hydrogen-bond acceptors (Lipinski definition) is 6. The minimum Gasteiger partial charge on any atom is -0.480 e. The first-order chi connectivity index (χ1) is 19.5. The average molecular weight is 647 g/mol. The number of ether oxygens (including phenoxy) is 2. The number of hydrogen-bond donors (Lipinski definition) is 2. The summed E-state index contributed by atoms with van der Waals surface area (Å²) in [6.45, 7) is 5.14. The standard InChI is InChI=1S/C31H36BrNO7S/c1-4-39-20-25(17-22-9-7-10-24(32)16-22)40-19-23-12-13-27(28(18-23)26-11-6-5-8-21(26)2)30(34)33-29(31(35)36)14-15-41(3,37)38/h5-13,16,18,25,29H,4,14-15,17,19-20H2,1-3H3,(H,33,34)(H,35,36). The van der Waals surface area contributed by atoms with E-state index >= 15 is 0 Å². The van der Waals surface area contributed by atoms with Crippen LogP contribution in [0.1, 0.15) is 40.4 Å². The maximum atomic E-state index is 13.3. The summed E-state index contributed by atoms with van der Waals surface area (Å²) in [5.41, 5.74) is 4.62. The molecule has 3 rings (SSSR count). The zero-order valence-corrected chi connectivity index (χ0v) is 25.8. The van der Waals surface area contributed by atoms with Crippen LogP contribution in [0.4, 0.5) is 0 Å². The molecule has 2 unspecified atom stereocenters. The van der Waals surface area contributed by atoms with E-state index in [0.29, 0.717) is 25.2 Å². The molecule has 0 fully saturated rings. The third-order valence-electron chi connectivity index (χ3n) is 6.49. The van der Waals surface area contributed by atoms with Crippen molar-refractivity contribution in [2.45, 2.75) is 45.4 Å². The number of rotatable bonds is 15. The molecule has 0 aliphatic rings. The second kappa shape index (κ2) is 15.3. The molecular weight excluding hydrogens is 610 g/mol. The first-order valence-corrected chi connectivity index (χ1v) is 16.2. The van der Waals surface area contributed by atoms with Crippen LogP contribution in [-0.2, 0) is 37.1 Å². The molecular formula is C31H36BrNO7S. The summed E-state index contributed by atoms with van der Waals surface area (Å²) in [6.07, 6.45) is 1.27. The molecule has 10 heteroatoms. The monoisotopic (exact) mass is 645 g/mol. The number of carbonyl (C=O) groups excluding carboxylic acids is 1. The van der Waals surface area contributed by atoms with E-state index in [4.69, 9.17) is 9.47 Å². The molecule has 0 radical (unpaired) electrons. The van der Waals surface area contributed by atoms with Gasteiger partial charge >= 0.3 is 5.97 Å². The van der Waals surface area contributed by atoms with Crippen molar-refractivity contribution in [1.82, 2.24) is 5.32 Å². The van der Waals surface area contributed by atoms with Crippen LogP contribution in [0.25, 0.3) is 11.1 Å². The van der Waals surface area contributed by atoms with Gasteiger partial charge in [-0.05, 0) is 72.4 Å². The molecule has 8 nitrogen and oxygen atoms in total. The number of carbonyl (C=O) groups is 2. The van der Waals surface area contributed by atoms with E-state index in [0.717, 1.165) is 33.0 Å². The number of sulfone groups is 1. The molecule has 0 saturated carbocycles. The molecule has 2 atom stereocenters. The summed E-state index contributed by atoms with van der Waals surface area (Å²) in [6, 6.07) is 19.6. The van der Waals surface area contributed by atoms with Crippen LogP contribution in [0, 0.1) is 6.92 Å². The molecule has 0 aliphatic carbocycles. The SMILES string of the molecule is CCOCC(Cc1cccc(Br)c1)OCc1ccc(C(=O)NC(CCS(C)(=O)=O)C(=O)O)c(-c2ccccc2C)c1. The molecule has 2 N–H and O–H groups in total. The van der Waals surface area contributed by atoms with Crippen molar-refractivity contribution in [2.75, 3.05) is 25.2 Å². The molecule has 41 heavy (non-hydrogen) atoms. The fourth-order valence-corrected chi connectivity index (χ4v) is 5.47. The number of aliphatic carboxylic acids is 1. The lowest BCUT2D eigenvalue weighted by molar-refractivity contribution is -0.139. The van der Waals surface area contributed by atoms with Crippen LogP contribution in [-0.4, -0.2) is 62.8 Å². The van der Waals surface area contributed by atoms with Crippen LogP contribution in [0.2, 0.25) is 0 Å². The number of halogens is 1. The topological polar surface area (TPSA) is 119 Å². The average Bonchev–Trinajstić information content (AvgIpc) is 2.92. The highest BCUT2D eigenvalue weighted by molar-refractivity contribution is 9.10. The minimum absolute atomic E-state index is 0.194. The van der Waals surface area contributed by atoms with Gasteiger partial charge in [0.25, 0.3) is 5.91 Å². The highest BCUT2D eigenvalue weighted by Crippen LogP contribution is 2.29. The number of nitrogens with one attached hydrogen (secondary N) is 1. The maximum absolute atomic E-state index is 13.3. The maximum Gasteiger partial charge on any atom is 0.326 e. The number of carboxylic acid groups (broad SMARTS) is 1. The van der Waals surface area contributed by atoms with Crippen molar-refractivity contribution >= 4 is 37.6 Å². The Labute approximate surface area is 250 Å². The van der Waals surface area contributed by atoms with Crippen LogP contribution < -0.4 is 5.32 Å². The molecule has 0 aliphatic heterocycles. The van der Waals surface area contributed by atoms with Gasteiger partial charge in [-0.3, -0.25) is 4.79 Å². The van der Waals surface area contributed by atoms with Gasteiger partial charge in [0.1, 0.15) is 15.9 Å². The molecule has 220 valence electrons. The predicted molar refractivity (Wildman–Crippen MR) is 163 cm³/mol. The Morgan fingerprint density at radius 1 is 1.00 bits per heavy atom. The van der Waals surface area contributed by atoms with E-state index in [9.17, 15) is 23.1 Å². The van der Waals surface area contributed by atoms with Gasteiger partial charge in [0, 0.05) is 29.3 Å². The summed E-state index contributed by atoms with van der Waals surface area (Å²) in [4.78, 5) is 25.1. The largest absolute Gasteiger partial charge is 0.480 e. The van der Waals surface area contributed by atoms with Gasteiger partial charge < -0.3 is 19.9 Å². The third kappa shape index (κ3) is 10.4. The van der Waals surface area contributed by atoms with Crippen molar-refractivity contribution in [3.63, 3.8) is 0 Å². The first-order valence-electron chi connectivity index (χ1n) is 13.3. The number of amides is 1. The highest BCUT2D eigenvalue weighted by Gasteiger charge is 2.24. The number of carboxylic acids is 1. The van der Waals surface area contributed by atoms with Gasteiger partial charge in [-0.15, -0.1) is 0 Å². The molecule has 3 aromatic rings. The Morgan fingerprint density at radius 3 is 2.41 bits per heavy atom. The van der Waals surface area contributed by atoms with E-state index in [1.165, 1.54) is 0 Å². The van der Waals surface area contributed by atoms with E-state index in [1.807, 2.05) is 68.4 Å².